The third kappa shape index (κ3) is 5.40. The van der Waals surface area contributed by atoms with Crippen LogP contribution in [-0.4, -0.2) is 41.1 Å². The van der Waals surface area contributed by atoms with Gasteiger partial charge in [0.15, 0.2) is 0 Å². The van der Waals surface area contributed by atoms with Gasteiger partial charge in [-0.15, -0.1) is 0 Å². The molecule has 0 aliphatic rings. The van der Waals surface area contributed by atoms with Crippen LogP contribution in [-0.2, 0) is 0 Å². The highest BCUT2D eigenvalue weighted by Crippen LogP contribution is 2.25. The van der Waals surface area contributed by atoms with E-state index in [1.165, 1.54) is 0 Å². The van der Waals surface area contributed by atoms with Crippen LogP contribution in [0.1, 0.15) is 26.3 Å². The normalized spacial score (nSPS) is 14.9. The summed E-state index contributed by atoms with van der Waals surface area (Å²) >= 11 is 3.43. The number of ether oxygens (including phenoxy) is 1. The molecule has 0 bridgehead atoms. The molecule has 5 heteroatoms. The van der Waals surface area contributed by atoms with E-state index < -0.39 is 17.7 Å². The van der Waals surface area contributed by atoms with E-state index >= 15 is 0 Å². The molecule has 3 N–H and O–H groups in total. The fraction of sp³-hybridized carbons (Fsp3) is 0.600. The maximum Gasteiger partial charge on any atom is 0.133 e. The molecule has 1 rings (SSSR count). The van der Waals surface area contributed by atoms with Crippen molar-refractivity contribution in [3.05, 3.63) is 28.2 Å². The lowest BCUT2D eigenvalue weighted by molar-refractivity contribution is 0.0647. The van der Waals surface area contributed by atoms with E-state index in [9.17, 15) is 10.2 Å². The lowest BCUT2D eigenvalue weighted by atomic mass is 9.99. The Balaban J connectivity index is 2.42. The van der Waals surface area contributed by atoms with Crippen molar-refractivity contribution in [2.75, 3.05) is 13.2 Å². The van der Waals surface area contributed by atoms with Crippen molar-refractivity contribution in [1.82, 2.24) is 5.32 Å². The number of nitrogens with one attached hydrogen (secondary N) is 1. The van der Waals surface area contributed by atoms with E-state index in [1.54, 1.807) is 6.92 Å². The second-order valence-electron chi connectivity index (χ2n) is 5.68. The molecule has 4 nitrogen and oxygen atoms in total. The molecule has 0 spiro atoms. The molecule has 0 aromatic heterocycles. The third-order valence-electron chi connectivity index (χ3n) is 3.36. The molecule has 2 unspecified atom stereocenters. The number of rotatable bonds is 7. The number of aryl methyl sites for hydroxylation is 1. The molecule has 0 aliphatic heterocycles. The Bertz CT molecular complexity index is 435. The summed E-state index contributed by atoms with van der Waals surface area (Å²) in [7, 11) is 0. The molecule has 0 saturated heterocycles. The van der Waals surface area contributed by atoms with Gasteiger partial charge in [-0.25, -0.2) is 0 Å². The summed E-state index contributed by atoms with van der Waals surface area (Å²) in [5.74, 6) is 0.712. The zero-order chi connectivity index (χ0) is 15.3. The van der Waals surface area contributed by atoms with E-state index in [1.807, 2.05) is 39.0 Å². The van der Waals surface area contributed by atoms with E-state index in [0.29, 0.717) is 12.3 Å². The molecule has 0 heterocycles. The summed E-state index contributed by atoms with van der Waals surface area (Å²) in [5, 5.41) is 22.6. The maximum atomic E-state index is 9.92. The quantitative estimate of drug-likeness (QED) is 0.709. The van der Waals surface area contributed by atoms with Gasteiger partial charge >= 0.3 is 0 Å². The van der Waals surface area contributed by atoms with Crippen LogP contribution >= 0.6 is 15.9 Å². The minimum Gasteiger partial charge on any atom is -0.490 e. The minimum absolute atomic E-state index is 0.199. The van der Waals surface area contributed by atoms with Gasteiger partial charge in [-0.1, -0.05) is 6.07 Å². The fourth-order valence-corrected chi connectivity index (χ4v) is 2.10. The molecule has 0 amide bonds. The Hall–Kier alpha value is -0.620. The van der Waals surface area contributed by atoms with E-state index in [2.05, 4.69) is 21.2 Å². The average Bonchev–Trinajstić information content (AvgIpc) is 2.35. The number of aliphatic hydroxyl groups is 2. The van der Waals surface area contributed by atoms with E-state index in [-0.39, 0.29) is 6.61 Å². The van der Waals surface area contributed by atoms with Gasteiger partial charge in [0.05, 0.1) is 10.6 Å². The highest BCUT2D eigenvalue weighted by molar-refractivity contribution is 9.10. The highest BCUT2D eigenvalue weighted by Gasteiger charge is 2.24. The summed E-state index contributed by atoms with van der Waals surface area (Å²) in [4.78, 5) is 0. The van der Waals surface area contributed by atoms with Gasteiger partial charge < -0.3 is 20.3 Å². The first-order valence-corrected chi connectivity index (χ1v) is 7.52. The van der Waals surface area contributed by atoms with Crippen LogP contribution in [0.2, 0.25) is 0 Å². The molecule has 114 valence electrons. The standard InChI is InChI=1S/C15H24BrNO3/c1-10-5-6-14(13(16)7-10)20-9-12(19)8-17-15(3,4)11(2)18/h5-7,11-12,17-19H,8-9H2,1-4H3. The van der Waals surface area contributed by atoms with Gasteiger partial charge in [0.1, 0.15) is 18.5 Å². The van der Waals surface area contributed by atoms with Crippen LogP contribution < -0.4 is 10.1 Å². The summed E-state index contributed by atoms with van der Waals surface area (Å²) in [6.45, 7) is 8.07. The summed E-state index contributed by atoms with van der Waals surface area (Å²) in [6.07, 6.45) is -1.14. The van der Waals surface area contributed by atoms with Crippen LogP contribution in [0.4, 0.5) is 0 Å². The van der Waals surface area contributed by atoms with Crippen LogP contribution in [0, 0.1) is 6.92 Å². The van der Waals surface area contributed by atoms with Crippen LogP contribution in [0.15, 0.2) is 22.7 Å². The fourth-order valence-electron chi connectivity index (χ4n) is 1.50. The number of hydrogen-bond acceptors (Lipinski definition) is 4. The molecule has 2 atom stereocenters. The number of β-amino-alcohol motifs (C(OH)–C–C–N with tert-alkyl or cyclic N) is 1. The predicted octanol–water partition coefficient (Wildman–Crippen LogP) is 2.25. The number of aliphatic hydroxyl groups excluding tert-OH is 2. The Labute approximate surface area is 129 Å². The summed E-state index contributed by atoms with van der Waals surface area (Å²) in [5.41, 5.74) is 0.705. The highest BCUT2D eigenvalue weighted by atomic mass is 79.9. The number of hydrogen-bond donors (Lipinski definition) is 3. The zero-order valence-electron chi connectivity index (χ0n) is 12.5. The van der Waals surface area contributed by atoms with E-state index in [4.69, 9.17) is 4.74 Å². The van der Waals surface area contributed by atoms with Crippen molar-refractivity contribution in [3.8, 4) is 5.75 Å². The van der Waals surface area contributed by atoms with Crippen molar-refractivity contribution >= 4 is 15.9 Å². The first kappa shape index (κ1) is 17.4. The molecule has 0 aliphatic carbocycles. The molecule has 20 heavy (non-hydrogen) atoms. The Kier molecular flexibility index (Phi) is 6.45. The van der Waals surface area contributed by atoms with Gasteiger partial charge in [-0.2, -0.15) is 0 Å². The number of benzene rings is 1. The van der Waals surface area contributed by atoms with Crippen molar-refractivity contribution in [3.63, 3.8) is 0 Å². The first-order chi connectivity index (χ1) is 9.22. The second kappa shape index (κ2) is 7.41. The molecular formula is C15H24BrNO3. The Morgan fingerprint density at radius 3 is 2.55 bits per heavy atom. The van der Waals surface area contributed by atoms with Gasteiger partial charge in [0.2, 0.25) is 0 Å². The van der Waals surface area contributed by atoms with Gasteiger partial charge in [0.25, 0.3) is 0 Å². The molecule has 0 saturated carbocycles. The van der Waals surface area contributed by atoms with Crippen molar-refractivity contribution in [2.24, 2.45) is 0 Å². The van der Waals surface area contributed by atoms with E-state index in [0.717, 1.165) is 10.0 Å². The monoisotopic (exact) mass is 345 g/mol. The first-order valence-electron chi connectivity index (χ1n) is 6.72. The topological polar surface area (TPSA) is 61.7 Å². The third-order valence-corrected chi connectivity index (χ3v) is 3.98. The van der Waals surface area contributed by atoms with Gasteiger partial charge in [-0.05, 0) is 61.3 Å². The summed E-state index contributed by atoms with van der Waals surface area (Å²) < 4.78 is 6.46. The Morgan fingerprint density at radius 1 is 1.35 bits per heavy atom. The average molecular weight is 346 g/mol. The predicted molar refractivity (Wildman–Crippen MR) is 84.1 cm³/mol. The van der Waals surface area contributed by atoms with Gasteiger partial charge in [-0.3, -0.25) is 0 Å². The second-order valence-corrected chi connectivity index (χ2v) is 6.53. The minimum atomic E-state index is -0.638. The maximum absolute atomic E-state index is 9.92. The lowest BCUT2D eigenvalue weighted by Gasteiger charge is -2.30. The summed E-state index contributed by atoms with van der Waals surface area (Å²) in [6, 6.07) is 5.80. The molecule has 0 fully saturated rings. The smallest absolute Gasteiger partial charge is 0.133 e. The molecule has 0 radical (unpaired) electrons. The number of halogens is 1. The molecular weight excluding hydrogens is 322 g/mol. The zero-order valence-corrected chi connectivity index (χ0v) is 14.1. The van der Waals surface area contributed by atoms with Crippen LogP contribution in [0.5, 0.6) is 5.75 Å². The van der Waals surface area contributed by atoms with Gasteiger partial charge in [0, 0.05) is 12.1 Å². The molecule has 1 aromatic carbocycles. The lowest BCUT2D eigenvalue weighted by Crippen LogP contribution is -2.51. The van der Waals surface area contributed by atoms with Crippen LogP contribution in [0.25, 0.3) is 0 Å². The van der Waals surface area contributed by atoms with Crippen molar-refractivity contribution in [2.45, 2.75) is 45.4 Å². The molecule has 1 aromatic rings. The largest absolute Gasteiger partial charge is 0.490 e. The SMILES string of the molecule is Cc1ccc(OCC(O)CNC(C)(C)C(C)O)c(Br)c1. The van der Waals surface area contributed by atoms with Crippen LogP contribution in [0.3, 0.4) is 0 Å². The van der Waals surface area contributed by atoms with Crippen molar-refractivity contribution < 1.29 is 14.9 Å². The Morgan fingerprint density at radius 2 is 2.00 bits per heavy atom. The van der Waals surface area contributed by atoms with Crippen molar-refractivity contribution in [1.29, 1.82) is 0 Å².